The first-order chi connectivity index (χ1) is 8.85. The average Bonchev–Trinajstić information content (AvgIpc) is 2.81. The number of aromatic amines is 1. The Morgan fingerprint density at radius 1 is 1.22 bits per heavy atom. The lowest BCUT2D eigenvalue weighted by Gasteiger charge is -1.97. The number of rotatable bonds is 6. The Morgan fingerprint density at radius 2 is 2.06 bits per heavy atom. The monoisotopic (exact) mass is 241 g/mol. The van der Waals surface area contributed by atoms with Crippen molar-refractivity contribution in [2.24, 2.45) is 0 Å². The van der Waals surface area contributed by atoms with Gasteiger partial charge in [0.05, 0.1) is 11.1 Å². The molecule has 0 aliphatic carbocycles. The summed E-state index contributed by atoms with van der Waals surface area (Å²) in [5.41, 5.74) is 2.43. The number of aryl methyl sites for hydroxylation is 1. The molecule has 0 amide bonds. The number of nitriles is 1. The van der Waals surface area contributed by atoms with Gasteiger partial charge in [-0.2, -0.15) is 5.26 Å². The molecule has 2 aromatic rings. The van der Waals surface area contributed by atoms with E-state index in [-0.39, 0.29) is 0 Å². The first-order valence-electron chi connectivity index (χ1n) is 6.73. The van der Waals surface area contributed by atoms with Crippen LogP contribution in [-0.2, 0) is 6.42 Å². The normalized spacial score (nSPS) is 10.7. The number of para-hydroxylation sites is 1. The molecule has 0 radical (unpaired) electrons. The average molecular weight is 241 g/mol. The maximum Gasteiger partial charge on any atom is 0.107 e. The van der Waals surface area contributed by atoms with Gasteiger partial charge in [-0.25, -0.2) is 4.98 Å². The third-order valence-corrected chi connectivity index (χ3v) is 3.20. The second kappa shape index (κ2) is 6.20. The Bertz CT molecular complexity index is 548. The van der Waals surface area contributed by atoms with Gasteiger partial charge in [-0.1, -0.05) is 38.7 Å². The van der Waals surface area contributed by atoms with Crippen LogP contribution in [0.4, 0.5) is 0 Å². The second-order valence-electron chi connectivity index (χ2n) is 4.66. The van der Waals surface area contributed by atoms with Crippen molar-refractivity contribution in [3.05, 3.63) is 29.6 Å². The number of benzene rings is 1. The molecule has 3 nitrogen and oxygen atoms in total. The number of hydrogen-bond acceptors (Lipinski definition) is 2. The van der Waals surface area contributed by atoms with E-state index in [2.05, 4.69) is 23.0 Å². The Labute approximate surface area is 108 Å². The number of imidazole rings is 1. The summed E-state index contributed by atoms with van der Waals surface area (Å²) in [6.45, 7) is 2.22. The molecular formula is C15H19N3. The van der Waals surface area contributed by atoms with Gasteiger partial charge in [-0.05, 0) is 18.6 Å². The fraction of sp³-hybridized carbons (Fsp3) is 0.467. The van der Waals surface area contributed by atoms with Crippen molar-refractivity contribution in [3.63, 3.8) is 0 Å². The van der Waals surface area contributed by atoms with Gasteiger partial charge in [0.15, 0.2) is 0 Å². The van der Waals surface area contributed by atoms with E-state index in [4.69, 9.17) is 5.26 Å². The number of fused-ring (bicyclic) bond motifs is 1. The molecule has 0 unspecified atom stereocenters. The minimum absolute atomic E-state index is 0.654. The van der Waals surface area contributed by atoms with Gasteiger partial charge in [0.1, 0.15) is 17.4 Å². The van der Waals surface area contributed by atoms with Gasteiger partial charge < -0.3 is 4.98 Å². The predicted octanol–water partition coefficient (Wildman–Crippen LogP) is 3.95. The highest BCUT2D eigenvalue weighted by Gasteiger charge is 2.06. The lowest BCUT2D eigenvalue weighted by molar-refractivity contribution is 0.625. The second-order valence-corrected chi connectivity index (χ2v) is 4.66. The van der Waals surface area contributed by atoms with Crippen LogP contribution in [0.1, 0.15) is 50.4 Å². The zero-order valence-electron chi connectivity index (χ0n) is 10.9. The molecule has 1 aromatic carbocycles. The molecule has 0 spiro atoms. The lowest BCUT2D eigenvalue weighted by atomic mass is 10.1. The summed E-state index contributed by atoms with van der Waals surface area (Å²) in [7, 11) is 0. The standard InChI is InChI=1S/C15H19N3/c1-2-3-4-5-6-10-14-17-13-9-7-8-12(11-16)15(13)18-14/h7-9H,2-6,10H2,1H3,(H,17,18). The highest BCUT2D eigenvalue weighted by atomic mass is 14.9. The first-order valence-corrected chi connectivity index (χ1v) is 6.73. The molecule has 1 aromatic heterocycles. The van der Waals surface area contributed by atoms with Crippen LogP contribution in [0.2, 0.25) is 0 Å². The first kappa shape index (κ1) is 12.6. The van der Waals surface area contributed by atoms with Crippen molar-refractivity contribution in [3.8, 4) is 6.07 Å². The summed E-state index contributed by atoms with van der Waals surface area (Å²) in [5.74, 6) is 1.00. The van der Waals surface area contributed by atoms with E-state index in [1.807, 2.05) is 18.2 Å². The van der Waals surface area contributed by atoms with E-state index in [1.54, 1.807) is 0 Å². The molecule has 0 saturated heterocycles. The van der Waals surface area contributed by atoms with Crippen LogP contribution in [0.3, 0.4) is 0 Å². The minimum Gasteiger partial charge on any atom is -0.342 e. The van der Waals surface area contributed by atoms with E-state index in [1.165, 1.54) is 32.1 Å². The smallest absolute Gasteiger partial charge is 0.107 e. The molecule has 0 fully saturated rings. The van der Waals surface area contributed by atoms with Crippen LogP contribution < -0.4 is 0 Å². The largest absolute Gasteiger partial charge is 0.342 e. The number of hydrogen-bond donors (Lipinski definition) is 1. The number of nitrogens with one attached hydrogen (secondary N) is 1. The maximum absolute atomic E-state index is 9.01. The molecule has 0 atom stereocenters. The van der Waals surface area contributed by atoms with Crippen molar-refractivity contribution >= 4 is 11.0 Å². The molecule has 0 aliphatic heterocycles. The number of H-pyrrole nitrogens is 1. The summed E-state index contributed by atoms with van der Waals surface area (Å²) in [6, 6.07) is 7.87. The zero-order chi connectivity index (χ0) is 12.8. The fourth-order valence-electron chi connectivity index (χ4n) is 2.19. The Hall–Kier alpha value is -1.82. The van der Waals surface area contributed by atoms with Crippen LogP contribution in [0.25, 0.3) is 11.0 Å². The molecule has 1 heterocycles. The van der Waals surface area contributed by atoms with Gasteiger partial charge in [0.2, 0.25) is 0 Å². The Morgan fingerprint density at radius 3 is 2.83 bits per heavy atom. The third-order valence-electron chi connectivity index (χ3n) is 3.20. The van der Waals surface area contributed by atoms with E-state index in [9.17, 15) is 0 Å². The van der Waals surface area contributed by atoms with Gasteiger partial charge in [-0.15, -0.1) is 0 Å². The SMILES string of the molecule is CCCCCCCc1nc2c(C#N)cccc2[nH]1. The summed E-state index contributed by atoms with van der Waals surface area (Å²) in [6.07, 6.45) is 7.30. The highest BCUT2D eigenvalue weighted by molar-refractivity contribution is 5.81. The van der Waals surface area contributed by atoms with Crippen LogP contribution in [0, 0.1) is 11.3 Å². The zero-order valence-corrected chi connectivity index (χ0v) is 10.9. The highest BCUT2D eigenvalue weighted by Crippen LogP contribution is 2.17. The summed E-state index contributed by atoms with van der Waals surface area (Å²) in [5, 5.41) is 9.01. The molecule has 18 heavy (non-hydrogen) atoms. The molecule has 0 aliphatic rings. The topological polar surface area (TPSA) is 52.5 Å². The van der Waals surface area contributed by atoms with E-state index in [0.717, 1.165) is 23.3 Å². The molecule has 0 bridgehead atoms. The molecule has 1 N–H and O–H groups in total. The van der Waals surface area contributed by atoms with E-state index >= 15 is 0 Å². The third kappa shape index (κ3) is 2.89. The number of aromatic nitrogens is 2. The summed E-state index contributed by atoms with van der Waals surface area (Å²) >= 11 is 0. The minimum atomic E-state index is 0.654. The maximum atomic E-state index is 9.01. The summed E-state index contributed by atoms with van der Waals surface area (Å²) in [4.78, 5) is 7.82. The van der Waals surface area contributed by atoms with Crippen molar-refractivity contribution in [2.75, 3.05) is 0 Å². The molecular weight excluding hydrogens is 222 g/mol. The van der Waals surface area contributed by atoms with E-state index < -0.39 is 0 Å². The summed E-state index contributed by atoms with van der Waals surface area (Å²) < 4.78 is 0. The Balaban J connectivity index is 2.00. The van der Waals surface area contributed by atoms with Crippen molar-refractivity contribution in [2.45, 2.75) is 45.4 Å². The molecule has 3 heteroatoms. The van der Waals surface area contributed by atoms with Crippen molar-refractivity contribution in [1.82, 2.24) is 9.97 Å². The Kier molecular flexibility index (Phi) is 4.35. The van der Waals surface area contributed by atoms with Crippen molar-refractivity contribution < 1.29 is 0 Å². The lowest BCUT2D eigenvalue weighted by Crippen LogP contribution is -1.88. The van der Waals surface area contributed by atoms with E-state index in [0.29, 0.717) is 5.56 Å². The van der Waals surface area contributed by atoms with Gasteiger partial charge >= 0.3 is 0 Å². The molecule has 94 valence electrons. The van der Waals surface area contributed by atoms with Crippen LogP contribution >= 0.6 is 0 Å². The van der Waals surface area contributed by atoms with Gasteiger partial charge in [-0.3, -0.25) is 0 Å². The van der Waals surface area contributed by atoms with Crippen molar-refractivity contribution in [1.29, 1.82) is 5.26 Å². The molecule has 0 saturated carbocycles. The van der Waals surface area contributed by atoms with Crippen LogP contribution in [0.15, 0.2) is 18.2 Å². The van der Waals surface area contributed by atoms with Gasteiger partial charge in [0.25, 0.3) is 0 Å². The van der Waals surface area contributed by atoms with Gasteiger partial charge in [0, 0.05) is 6.42 Å². The molecule has 2 rings (SSSR count). The van der Waals surface area contributed by atoms with Crippen LogP contribution in [-0.4, -0.2) is 9.97 Å². The van der Waals surface area contributed by atoms with Crippen LogP contribution in [0.5, 0.6) is 0 Å². The number of unbranched alkanes of at least 4 members (excludes halogenated alkanes) is 4. The predicted molar refractivity (Wildman–Crippen MR) is 73.3 cm³/mol. The fourth-order valence-corrected chi connectivity index (χ4v) is 2.19. The number of nitrogens with zero attached hydrogens (tertiary/aromatic N) is 2. The quantitative estimate of drug-likeness (QED) is 0.778.